The van der Waals surface area contributed by atoms with Gasteiger partial charge >= 0.3 is 0 Å². The van der Waals surface area contributed by atoms with Crippen molar-refractivity contribution in [2.75, 3.05) is 5.73 Å². The van der Waals surface area contributed by atoms with Crippen LogP contribution in [0.25, 0.3) is 0 Å². The van der Waals surface area contributed by atoms with Crippen LogP contribution in [0.2, 0.25) is 0 Å². The van der Waals surface area contributed by atoms with Gasteiger partial charge in [-0.1, -0.05) is 0 Å². The second-order valence-electron chi connectivity index (χ2n) is 2.10. The van der Waals surface area contributed by atoms with Gasteiger partial charge in [-0.2, -0.15) is 5.26 Å². The molecule has 0 fully saturated rings. The van der Waals surface area contributed by atoms with Gasteiger partial charge in [-0.15, -0.1) is 0 Å². The summed E-state index contributed by atoms with van der Waals surface area (Å²) in [5, 5.41) is 8.49. The molecular formula is C7H8N3+. The highest BCUT2D eigenvalue weighted by Gasteiger charge is 2.03. The molecule has 0 saturated carbocycles. The maximum Gasteiger partial charge on any atom is 0.284 e. The van der Waals surface area contributed by atoms with Gasteiger partial charge in [0.15, 0.2) is 12.3 Å². The molecule has 0 aliphatic heterocycles. The van der Waals surface area contributed by atoms with Crippen LogP contribution in [-0.4, -0.2) is 0 Å². The van der Waals surface area contributed by atoms with Gasteiger partial charge in [0.1, 0.15) is 0 Å². The first kappa shape index (κ1) is 6.56. The van der Waals surface area contributed by atoms with E-state index >= 15 is 0 Å². The number of H-pyrrole nitrogens is 1. The molecule has 0 spiro atoms. The Morgan fingerprint density at radius 3 is 2.90 bits per heavy atom. The van der Waals surface area contributed by atoms with Crippen LogP contribution in [-0.2, 0) is 0 Å². The summed E-state index contributed by atoms with van der Waals surface area (Å²) in [5.41, 5.74) is 7.53. The van der Waals surface area contributed by atoms with E-state index in [2.05, 4.69) is 4.98 Å². The van der Waals surface area contributed by atoms with Crippen molar-refractivity contribution >= 4 is 5.69 Å². The lowest BCUT2D eigenvalue weighted by molar-refractivity contribution is -0.381. The molecule has 0 radical (unpaired) electrons. The van der Waals surface area contributed by atoms with E-state index in [-0.39, 0.29) is 0 Å². The molecular weight excluding hydrogens is 126 g/mol. The molecule has 0 saturated heterocycles. The number of nitriles is 1. The standard InChI is InChI=1S/C7H7N3/c1-5-2-6(9)4-10-7(5)3-8/h2,4H,9H2,1H3/p+1. The predicted octanol–water partition coefficient (Wildman–Crippen LogP) is 0.263. The molecule has 3 N–H and O–H groups in total. The molecule has 1 aromatic heterocycles. The predicted molar refractivity (Wildman–Crippen MR) is 36.9 cm³/mol. The summed E-state index contributed by atoms with van der Waals surface area (Å²) < 4.78 is 0. The maximum atomic E-state index is 8.49. The smallest absolute Gasteiger partial charge is 0.284 e. The van der Waals surface area contributed by atoms with Crippen LogP contribution < -0.4 is 10.7 Å². The highest BCUT2D eigenvalue weighted by Crippen LogP contribution is 2.03. The number of rotatable bonds is 0. The van der Waals surface area contributed by atoms with Gasteiger partial charge in [0.2, 0.25) is 0 Å². The summed E-state index contributed by atoms with van der Waals surface area (Å²) in [4.78, 5) is 2.77. The number of aromatic nitrogens is 1. The molecule has 0 aliphatic carbocycles. The zero-order valence-corrected chi connectivity index (χ0v) is 5.68. The molecule has 3 heteroatoms. The third-order valence-electron chi connectivity index (χ3n) is 1.27. The normalized spacial score (nSPS) is 8.80. The number of aryl methyl sites for hydroxylation is 1. The molecule has 0 aromatic carbocycles. The fourth-order valence-corrected chi connectivity index (χ4v) is 0.754. The van der Waals surface area contributed by atoms with Gasteiger partial charge < -0.3 is 5.73 Å². The third-order valence-corrected chi connectivity index (χ3v) is 1.27. The quantitative estimate of drug-likeness (QED) is 0.553. The summed E-state index contributed by atoms with van der Waals surface area (Å²) in [6.07, 6.45) is 1.60. The SMILES string of the molecule is Cc1cc(N)c[nH+]c1C#N. The fraction of sp³-hybridized carbons (Fsp3) is 0.143. The number of pyridine rings is 1. The van der Waals surface area contributed by atoms with Crippen molar-refractivity contribution in [2.24, 2.45) is 0 Å². The molecule has 1 heterocycles. The summed E-state index contributed by atoms with van der Waals surface area (Å²) in [6.45, 7) is 1.84. The minimum Gasteiger partial charge on any atom is -0.394 e. The van der Waals surface area contributed by atoms with Crippen LogP contribution in [0, 0.1) is 18.3 Å². The average molecular weight is 134 g/mol. The highest BCUT2D eigenvalue weighted by molar-refractivity contribution is 5.39. The number of nitrogens with one attached hydrogen (secondary N) is 1. The van der Waals surface area contributed by atoms with E-state index in [4.69, 9.17) is 11.0 Å². The Bertz CT molecular complexity index is 285. The summed E-state index contributed by atoms with van der Waals surface area (Å²) in [7, 11) is 0. The Morgan fingerprint density at radius 2 is 2.40 bits per heavy atom. The van der Waals surface area contributed by atoms with Crippen LogP contribution in [0.3, 0.4) is 0 Å². The first-order valence-electron chi connectivity index (χ1n) is 2.92. The van der Waals surface area contributed by atoms with Crippen molar-refractivity contribution in [3.05, 3.63) is 23.5 Å². The van der Waals surface area contributed by atoms with Crippen molar-refractivity contribution in [2.45, 2.75) is 6.92 Å². The zero-order chi connectivity index (χ0) is 7.56. The number of nitrogen functional groups attached to an aromatic ring is 1. The number of hydrogen-bond acceptors (Lipinski definition) is 2. The van der Waals surface area contributed by atoms with E-state index < -0.39 is 0 Å². The summed E-state index contributed by atoms with van der Waals surface area (Å²) in [6, 6.07) is 3.77. The molecule has 1 rings (SSSR count). The summed E-state index contributed by atoms with van der Waals surface area (Å²) in [5.74, 6) is 0. The lowest BCUT2D eigenvalue weighted by atomic mass is 10.2. The number of aromatic amines is 1. The minimum atomic E-state index is 0.564. The molecule has 0 bridgehead atoms. The Hall–Kier alpha value is -1.56. The van der Waals surface area contributed by atoms with Gasteiger partial charge in [0, 0.05) is 5.56 Å². The first-order chi connectivity index (χ1) is 4.74. The number of anilines is 1. The minimum absolute atomic E-state index is 0.564. The van der Waals surface area contributed by atoms with Gasteiger partial charge in [-0.25, -0.2) is 4.98 Å². The number of nitrogens with two attached hydrogens (primary N) is 1. The molecule has 10 heavy (non-hydrogen) atoms. The number of nitrogens with zero attached hydrogens (tertiary/aromatic N) is 1. The summed E-state index contributed by atoms with van der Waals surface area (Å²) >= 11 is 0. The van der Waals surface area contributed by atoms with Crippen LogP contribution in [0.4, 0.5) is 5.69 Å². The molecule has 0 amide bonds. The molecule has 0 atom stereocenters. The van der Waals surface area contributed by atoms with Crippen molar-refractivity contribution in [3.63, 3.8) is 0 Å². The Labute approximate surface area is 59.1 Å². The largest absolute Gasteiger partial charge is 0.394 e. The van der Waals surface area contributed by atoms with E-state index in [1.807, 2.05) is 13.0 Å². The van der Waals surface area contributed by atoms with Gasteiger partial charge in [0.25, 0.3) is 5.69 Å². The third kappa shape index (κ3) is 1.06. The van der Waals surface area contributed by atoms with Gasteiger partial charge in [-0.05, 0) is 13.0 Å². The van der Waals surface area contributed by atoms with E-state index in [0.29, 0.717) is 11.4 Å². The van der Waals surface area contributed by atoms with Crippen molar-refractivity contribution in [3.8, 4) is 6.07 Å². The lowest BCUT2D eigenvalue weighted by Gasteiger charge is -1.89. The fourth-order valence-electron chi connectivity index (χ4n) is 0.754. The topological polar surface area (TPSA) is 63.9 Å². The van der Waals surface area contributed by atoms with E-state index in [1.54, 1.807) is 12.3 Å². The monoisotopic (exact) mass is 134 g/mol. The molecule has 0 unspecified atom stereocenters. The van der Waals surface area contributed by atoms with E-state index in [9.17, 15) is 0 Å². The molecule has 0 aliphatic rings. The average Bonchev–Trinajstić information content (AvgIpc) is 1.88. The van der Waals surface area contributed by atoms with Crippen molar-refractivity contribution in [1.82, 2.24) is 0 Å². The zero-order valence-electron chi connectivity index (χ0n) is 5.68. The molecule has 3 nitrogen and oxygen atoms in total. The Morgan fingerprint density at radius 1 is 1.70 bits per heavy atom. The van der Waals surface area contributed by atoms with Crippen LogP contribution >= 0.6 is 0 Å². The first-order valence-corrected chi connectivity index (χ1v) is 2.92. The molecule has 1 aromatic rings. The lowest BCUT2D eigenvalue weighted by Crippen LogP contribution is -2.10. The van der Waals surface area contributed by atoms with Crippen LogP contribution in [0.5, 0.6) is 0 Å². The van der Waals surface area contributed by atoms with E-state index in [0.717, 1.165) is 5.56 Å². The molecule has 50 valence electrons. The van der Waals surface area contributed by atoms with Crippen LogP contribution in [0.15, 0.2) is 12.3 Å². The highest BCUT2D eigenvalue weighted by atomic mass is 14.7. The van der Waals surface area contributed by atoms with Crippen molar-refractivity contribution in [1.29, 1.82) is 5.26 Å². The van der Waals surface area contributed by atoms with Gasteiger partial charge in [-0.3, -0.25) is 0 Å². The number of hydrogen-bond donors (Lipinski definition) is 1. The van der Waals surface area contributed by atoms with E-state index in [1.165, 1.54) is 0 Å². The van der Waals surface area contributed by atoms with Gasteiger partial charge in [0.05, 0.1) is 5.69 Å². The van der Waals surface area contributed by atoms with Crippen molar-refractivity contribution < 1.29 is 4.98 Å². The second kappa shape index (κ2) is 2.36. The maximum absolute atomic E-state index is 8.49. The Kier molecular flexibility index (Phi) is 1.55. The van der Waals surface area contributed by atoms with Crippen LogP contribution in [0.1, 0.15) is 11.3 Å². The second-order valence-corrected chi connectivity index (χ2v) is 2.10. The Balaban J connectivity index is 3.23.